The number of aryl methyl sites for hydroxylation is 2. The van der Waals surface area contributed by atoms with Gasteiger partial charge in [-0.15, -0.1) is 0 Å². The van der Waals surface area contributed by atoms with Crippen molar-refractivity contribution in [2.75, 3.05) is 0 Å². The predicted octanol–water partition coefficient (Wildman–Crippen LogP) is 5.81. The van der Waals surface area contributed by atoms with Crippen molar-refractivity contribution < 1.29 is 4.39 Å². The van der Waals surface area contributed by atoms with Crippen molar-refractivity contribution in [1.29, 1.82) is 0 Å². The van der Waals surface area contributed by atoms with Crippen LogP contribution in [0.3, 0.4) is 0 Å². The fraction of sp³-hybridized carbons (Fsp3) is 0.0952. The fourth-order valence-corrected chi connectivity index (χ4v) is 3.33. The fourth-order valence-electron chi connectivity index (χ4n) is 3.33. The summed E-state index contributed by atoms with van der Waals surface area (Å²) in [4.78, 5) is 4.54. The first kappa shape index (κ1) is 13.9. The molecule has 4 aromatic rings. The molecule has 0 radical (unpaired) electrons. The summed E-state index contributed by atoms with van der Waals surface area (Å²) < 4.78 is 14.5. The summed E-state index contributed by atoms with van der Waals surface area (Å²) in [5, 5.41) is 3.47. The summed E-state index contributed by atoms with van der Waals surface area (Å²) in [6.45, 7) is 4.13. The van der Waals surface area contributed by atoms with Gasteiger partial charge in [0.15, 0.2) is 0 Å². The minimum atomic E-state index is -0.202. The quantitative estimate of drug-likeness (QED) is 0.404. The van der Waals surface area contributed by atoms with Crippen LogP contribution in [-0.2, 0) is 0 Å². The van der Waals surface area contributed by atoms with Gasteiger partial charge in [0.25, 0.3) is 0 Å². The van der Waals surface area contributed by atoms with Gasteiger partial charge in [-0.2, -0.15) is 0 Å². The third kappa shape index (κ3) is 2.27. The van der Waals surface area contributed by atoms with Gasteiger partial charge >= 0.3 is 0 Å². The van der Waals surface area contributed by atoms with Crippen molar-refractivity contribution in [2.45, 2.75) is 13.8 Å². The van der Waals surface area contributed by atoms with Gasteiger partial charge in [0.1, 0.15) is 5.82 Å². The molecule has 0 unspecified atom stereocenters. The summed E-state index contributed by atoms with van der Waals surface area (Å²) >= 11 is 0. The van der Waals surface area contributed by atoms with E-state index >= 15 is 0 Å². The molecule has 1 nitrogen and oxygen atoms in total. The van der Waals surface area contributed by atoms with Crippen molar-refractivity contribution in [3.05, 3.63) is 77.7 Å². The third-order valence-electron chi connectivity index (χ3n) is 4.23. The van der Waals surface area contributed by atoms with E-state index in [0.29, 0.717) is 5.39 Å². The van der Waals surface area contributed by atoms with Gasteiger partial charge in [0, 0.05) is 22.5 Å². The lowest BCUT2D eigenvalue weighted by atomic mass is 9.97. The van der Waals surface area contributed by atoms with Crippen LogP contribution in [0.15, 0.2) is 60.8 Å². The molecular formula is C21H16FN. The first-order valence-corrected chi connectivity index (χ1v) is 7.68. The van der Waals surface area contributed by atoms with Crippen molar-refractivity contribution >= 4 is 21.5 Å². The lowest BCUT2D eigenvalue weighted by molar-refractivity contribution is 0.641. The zero-order valence-electron chi connectivity index (χ0n) is 13.1. The molecule has 0 aliphatic carbocycles. The molecule has 1 aromatic heterocycles. The second-order valence-electron chi connectivity index (χ2n) is 6.04. The summed E-state index contributed by atoms with van der Waals surface area (Å²) in [7, 11) is 0. The Kier molecular flexibility index (Phi) is 3.12. The lowest BCUT2D eigenvalue weighted by Crippen LogP contribution is -1.91. The van der Waals surface area contributed by atoms with Crippen LogP contribution in [0.2, 0.25) is 0 Å². The zero-order valence-corrected chi connectivity index (χ0v) is 13.1. The Hall–Kier alpha value is -2.74. The largest absolute Gasteiger partial charge is 0.256 e. The minimum absolute atomic E-state index is 0.202. The summed E-state index contributed by atoms with van der Waals surface area (Å²) in [6.07, 6.45) is 1.81. The van der Waals surface area contributed by atoms with Gasteiger partial charge in [0.05, 0.1) is 5.69 Å². The predicted molar refractivity (Wildman–Crippen MR) is 94.1 cm³/mol. The highest BCUT2D eigenvalue weighted by atomic mass is 19.1. The molecule has 4 rings (SSSR count). The van der Waals surface area contributed by atoms with Crippen LogP contribution in [0.25, 0.3) is 32.8 Å². The Bertz CT molecular complexity index is 1030. The molecule has 0 amide bonds. The SMILES string of the molecule is Cc1cc(C)cc(-c2nccc3c2cc(F)c2ccccc23)c1. The van der Waals surface area contributed by atoms with Crippen LogP contribution >= 0.6 is 0 Å². The van der Waals surface area contributed by atoms with E-state index in [1.165, 1.54) is 11.1 Å². The topological polar surface area (TPSA) is 12.9 Å². The normalized spacial score (nSPS) is 11.3. The Balaban J connectivity index is 2.13. The number of pyridine rings is 1. The smallest absolute Gasteiger partial charge is 0.131 e. The van der Waals surface area contributed by atoms with Gasteiger partial charge in [-0.05, 0) is 48.9 Å². The van der Waals surface area contributed by atoms with Crippen molar-refractivity contribution in [2.24, 2.45) is 0 Å². The van der Waals surface area contributed by atoms with E-state index in [2.05, 4.69) is 37.0 Å². The minimum Gasteiger partial charge on any atom is -0.256 e. The Labute approximate surface area is 134 Å². The van der Waals surface area contributed by atoms with E-state index in [1.807, 2.05) is 30.3 Å². The average molecular weight is 301 g/mol. The molecule has 0 atom stereocenters. The molecule has 0 N–H and O–H groups in total. The van der Waals surface area contributed by atoms with Gasteiger partial charge in [-0.3, -0.25) is 4.98 Å². The molecule has 0 fully saturated rings. The highest BCUT2D eigenvalue weighted by Crippen LogP contribution is 2.33. The van der Waals surface area contributed by atoms with Gasteiger partial charge in [-0.1, -0.05) is 41.5 Å². The van der Waals surface area contributed by atoms with Crippen LogP contribution < -0.4 is 0 Å². The second kappa shape index (κ2) is 5.17. The van der Waals surface area contributed by atoms with Crippen molar-refractivity contribution in [1.82, 2.24) is 4.98 Å². The molecule has 2 heteroatoms. The summed E-state index contributed by atoms with van der Waals surface area (Å²) in [5.74, 6) is -0.202. The van der Waals surface area contributed by atoms with Crippen LogP contribution in [0.4, 0.5) is 4.39 Å². The van der Waals surface area contributed by atoms with E-state index in [-0.39, 0.29) is 5.82 Å². The number of halogens is 1. The Morgan fingerprint density at radius 1 is 0.739 bits per heavy atom. The molecule has 0 saturated heterocycles. The Morgan fingerprint density at radius 2 is 1.39 bits per heavy atom. The maximum Gasteiger partial charge on any atom is 0.131 e. The van der Waals surface area contributed by atoms with E-state index in [1.54, 1.807) is 12.3 Å². The van der Waals surface area contributed by atoms with E-state index in [9.17, 15) is 4.39 Å². The molecule has 0 bridgehead atoms. The molecule has 0 aliphatic heterocycles. The number of benzene rings is 3. The molecule has 0 saturated carbocycles. The first-order chi connectivity index (χ1) is 11.1. The van der Waals surface area contributed by atoms with E-state index in [0.717, 1.165) is 27.4 Å². The van der Waals surface area contributed by atoms with Gasteiger partial charge in [-0.25, -0.2) is 4.39 Å². The van der Waals surface area contributed by atoms with E-state index < -0.39 is 0 Å². The molecule has 112 valence electrons. The molecule has 0 aliphatic rings. The maximum atomic E-state index is 14.5. The van der Waals surface area contributed by atoms with E-state index in [4.69, 9.17) is 0 Å². The number of hydrogen-bond donors (Lipinski definition) is 0. The van der Waals surface area contributed by atoms with Gasteiger partial charge in [0.2, 0.25) is 0 Å². The number of fused-ring (bicyclic) bond motifs is 3. The van der Waals surface area contributed by atoms with Gasteiger partial charge < -0.3 is 0 Å². The van der Waals surface area contributed by atoms with Crippen LogP contribution in [0.5, 0.6) is 0 Å². The van der Waals surface area contributed by atoms with Crippen LogP contribution in [0.1, 0.15) is 11.1 Å². The average Bonchev–Trinajstić information content (AvgIpc) is 2.54. The van der Waals surface area contributed by atoms with Crippen molar-refractivity contribution in [3.63, 3.8) is 0 Å². The molecule has 23 heavy (non-hydrogen) atoms. The third-order valence-corrected chi connectivity index (χ3v) is 4.23. The molecule has 3 aromatic carbocycles. The monoisotopic (exact) mass is 301 g/mol. The number of nitrogens with zero attached hydrogens (tertiary/aromatic N) is 1. The maximum absolute atomic E-state index is 14.5. The highest BCUT2D eigenvalue weighted by molar-refractivity contribution is 6.11. The molecule has 1 heterocycles. The zero-order chi connectivity index (χ0) is 16.0. The Morgan fingerprint density at radius 3 is 2.13 bits per heavy atom. The lowest BCUT2D eigenvalue weighted by Gasteiger charge is -2.11. The summed E-state index contributed by atoms with van der Waals surface area (Å²) in [5.41, 5.74) is 4.22. The first-order valence-electron chi connectivity index (χ1n) is 7.68. The second-order valence-corrected chi connectivity index (χ2v) is 6.04. The van der Waals surface area contributed by atoms with Crippen molar-refractivity contribution in [3.8, 4) is 11.3 Å². The van der Waals surface area contributed by atoms with Crippen LogP contribution in [0, 0.1) is 19.7 Å². The molecule has 0 spiro atoms. The molecular weight excluding hydrogens is 285 g/mol. The summed E-state index contributed by atoms with van der Waals surface area (Å²) in [6, 6.07) is 17.5. The van der Waals surface area contributed by atoms with Crippen LogP contribution in [-0.4, -0.2) is 4.98 Å². The number of rotatable bonds is 1. The number of aromatic nitrogens is 1. The number of hydrogen-bond acceptors (Lipinski definition) is 1. The standard InChI is InChI=1S/C21H16FN/c1-13-9-14(2)11-15(10-13)21-19-12-20(22)18-6-4-3-5-16(18)17(19)7-8-23-21/h3-12H,1-2H3. The highest BCUT2D eigenvalue weighted by Gasteiger charge is 2.11.